The minimum absolute atomic E-state index is 0.0372. The average Bonchev–Trinajstić information content (AvgIpc) is 2.89. The van der Waals surface area contributed by atoms with Gasteiger partial charge in [0.2, 0.25) is 0 Å². The lowest BCUT2D eigenvalue weighted by molar-refractivity contribution is -0.128. The maximum Gasteiger partial charge on any atom is 0.251 e. The van der Waals surface area contributed by atoms with Gasteiger partial charge in [0, 0.05) is 19.1 Å². The molecule has 1 aromatic rings. The Hall–Kier alpha value is -1.11. The van der Waals surface area contributed by atoms with Gasteiger partial charge in [-0.15, -0.1) is 0 Å². The van der Waals surface area contributed by atoms with Crippen LogP contribution in [0.5, 0.6) is 0 Å². The van der Waals surface area contributed by atoms with E-state index >= 15 is 0 Å². The maximum absolute atomic E-state index is 12.7. The third-order valence-electron chi connectivity index (χ3n) is 4.99. The van der Waals surface area contributed by atoms with E-state index in [0.29, 0.717) is 11.7 Å². The van der Waals surface area contributed by atoms with Gasteiger partial charge in [0.25, 0.3) is 5.91 Å². The van der Waals surface area contributed by atoms with E-state index < -0.39 is 0 Å². The van der Waals surface area contributed by atoms with E-state index in [0.717, 1.165) is 31.6 Å². The summed E-state index contributed by atoms with van der Waals surface area (Å²) in [6.07, 6.45) is 5.00. The van der Waals surface area contributed by atoms with Crippen molar-refractivity contribution < 1.29 is 9.53 Å². The SMILES string of the molecule is CSCC[C@@H]1NC(=S)N(C[C@@H]2CCCO[C@@H]2c2ccc(C)cc2)C1=O. The van der Waals surface area contributed by atoms with Crippen LogP contribution in [-0.2, 0) is 9.53 Å². The normalized spacial score (nSPS) is 26.8. The summed E-state index contributed by atoms with van der Waals surface area (Å²) >= 11 is 7.19. The lowest BCUT2D eigenvalue weighted by Gasteiger charge is -2.34. The second kappa shape index (κ2) is 8.52. The molecule has 3 rings (SSSR count). The predicted molar refractivity (Wildman–Crippen MR) is 107 cm³/mol. The zero-order valence-corrected chi connectivity index (χ0v) is 16.5. The summed E-state index contributed by atoms with van der Waals surface area (Å²) in [7, 11) is 0. The summed E-state index contributed by atoms with van der Waals surface area (Å²) in [6, 6.07) is 8.36. The van der Waals surface area contributed by atoms with E-state index in [2.05, 4.69) is 42.8 Å². The van der Waals surface area contributed by atoms with Gasteiger partial charge >= 0.3 is 0 Å². The van der Waals surface area contributed by atoms with Gasteiger partial charge in [-0.05, 0) is 56.0 Å². The highest BCUT2D eigenvalue weighted by molar-refractivity contribution is 7.98. The van der Waals surface area contributed by atoms with Crippen molar-refractivity contribution in [2.45, 2.75) is 38.3 Å². The molecule has 2 saturated heterocycles. The van der Waals surface area contributed by atoms with Crippen LogP contribution in [0.25, 0.3) is 0 Å². The summed E-state index contributed by atoms with van der Waals surface area (Å²) in [5, 5.41) is 3.77. The number of amides is 1. The highest BCUT2D eigenvalue weighted by Gasteiger charge is 2.38. The zero-order valence-electron chi connectivity index (χ0n) is 14.9. The fourth-order valence-corrected chi connectivity index (χ4v) is 4.35. The Kier molecular flexibility index (Phi) is 6.36. The van der Waals surface area contributed by atoms with Gasteiger partial charge in [0.1, 0.15) is 6.04 Å². The molecule has 6 heteroatoms. The van der Waals surface area contributed by atoms with E-state index in [9.17, 15) is 4.79 Å². The number of thioether (sulfide) groups is 1. The molecule has 0 aliphatic carbocycles. The number of nitrogens with one attached hydrogen (secondary N) is 1. The van der Waals surface area contributed by atoms with Gasteiger partial charge in [0.05, 0.1) is 6.10 Å². The lowest BCUT2D eigenvalue weighted by Crippen LogP contribution is -2.39. The monoisotopic (exact) mass is 378 g/mol. The molecule has 1 aromatic carbocycles. The molecule has 0 bridgehead atoms. The molecule has 4 nitrogen and oxygen atoms in total. The quantitative estimate of drug-likeness (QED) is 0.769. The van der Waals surface area contributed by atoms with Crippen molar-refractivity contribution in [1.82, 2.24) is 10.2 Å². The summed E-state index contributed by atoms with van der Waals surface area (Å²) < 4.78 is 6.08. The molecular weight excluding hydrogens is 352 g/mol. The molecule has 0 spiro atoms. The van der Waals surface area contributed by atoms with Crippen molar-refractivity contribution in [2.24, 2.45) is 5.92 Å². The topological polar surface area (TPSA) is 41.6 Å². The Labute approximate surface area is 159 Å². The van der Waals surface area contributed by atoms with E-state index in [-0.39, 0.29) is 24.0 Å². The van der Waals surface area contributed by atoms with Crippen molar-refractivity contribution >= 4 is 35.0 Å². The number of benzene rings is 1. The van der Waals surface area contributed by atoms with Crippen LogP contribution in [0.3, 0.4) is 0 Å². The number of thiocarbonyl (C=S) groups is 1. The maximum atomic E-state index is 12.7. The molecule has 1 amide bonds. The van der Waals surface area contributed by atoms with Crippen LogP contribution in [0.4, 0.5) is 0 Å². The molecule has 0 radical (unpaired) electrons. The molecule has 2 aliphatic heterocycles. The first-order valence-corrected chi connectivity index (χ1v) is 10.7. The molecule has 136 valence electrons. The van der Waals surface area contributed by atoms with Gasteiger partial charge in [-0.1, -0.05) is 29.8 Å². The molecule has 25 heavy (non-hydrogen) atoms. The summed E-state index contributed by atoms with van der Waals surface area (Å²) in [4.78, 5) is 14.5. The molecule has 0 saturated carbocycles. The number of carbonyl (C=O) groups excluding carboxylic acids is 1. The van der Waals surface area contributed by atoms with Gasteiger partial charge < -0.3 is 10.1 Å². The fraction of sp³-hybridized carbons (Fsp3) is 0.579. The molecule has 1 N–H and O–H groups in total. The Bertz CT molecular complexity index is 620. The Morgan fingerprint density at radius 3 is 2.84 bits per heavy atom. The van der Waals surface area contributed by atoms with Crippen molar-refractivity contribution in [1.29, 1.82) is 0 Å². The molecular formula is C19H26N2O2S2. The fourth-order valence-electron chi connectivity index (χ4n) is 3.57. The molecule has 0 unspecified atom stereocenters. The third-order valence-corrected chi connectivity index (χ3v) is 5.97. The minimum Gasteiger partial charge on any atom is -0.373 e. The second-order valence-electron chi connectivity index (χ2n) is 6.84. The first-order valence-electron chi connectivity index (χ1n) is 8.89. The van der Waals surface area contributed by atoms with Crippen molar-refractivity contribution in [3.8, 4) is 0 Å². The lowest BCUT2D eigenvalue weighted by atomic mass is 9.88. The summed E-state index contributed by atoms with van der Waals surface area (Å²) in [5.41, 5.74) is 2.44. The number of ether oxygens (including phenoxy) is 1. The molecule has 2 heterocycles. The number of nitrogens with zero attached hydrogens (tertiary/aromatic N) is 1. The van der Waals surface area contributed by atoms with E-state index in [1.165, 1.54) is 11.1 Å². The number of rotatable bonds is 6. The zero-order chi connectivity index (χ0) is 17.8. The van der Waals surface area contributed by atoms with Crippen LogP contribution in [0.2, 0.25) is 0 Å². The molecule has 2 aliphatic rings. The molecule has 3 atom stereocenters. The second-order valence-corrected chi connectivity index (χ2v) is 8.21. The van der Waals surface area contributed by atoms with E-state index in [1.807, 2.05) is 0 Å². The molecule has 2 fully saturated rings. The summed E-state index contributed by atoms with van der Waals surface area (Å²) in [6.45, 7) is 3.51. The highest BCUT2D eigenvalue weighted by Crippen LogP contribution is 2.35. The first-order chi connectivity index (χ1) is 12.1. The van der Waals surface area contributed by atoms with Gasteiger partial charge in [-0.25, -0.2) is 0 Å². The number of carbonyl (C=O) groups is 1. The predicted octanol–water partition coefficient (Wildman–Crippen LogP) is 3.30. The Morgan fingerprint density at radius 1 is 1.36 bits per heavy atom. The number of hydrogen-bond acceptors (Lipinski definition) is 4. The molecule has 0 aromatic heterocycles. The third kappa shape index (κ3) is 4.36. The van der Waals surface area contributed by atoms with Crippen LogP contribution in [-0.4, -0.2) is 47.1 Å². The first kappa shape index (κ1) is 18.7. The van der Waals surface area contributed by atoms with Crippen LogP contribution in [0.1, 0.15) is 36.5 Å². The van der Waals surface area contributed by atoms with Crippen LogP contribution in [0.15, 0.2) is 24.3 Å². The van der Waals surface area contributed by atoms with E-state index in [4.69, 9.17) is 17.0 Å². The van der Waals surface area contributed by atoms with Crippen LogP contribution >= 0.6 is 24.0 Å². The smallest absolute Gasteiger partial charge is 0.251 e. The summed E-state index contributed by atoms with van der Waals surface area (Å²) in [5.74, 6) is 1.35. The van der Waals surface area contributed by atoms with Crippen molar-refractivity contribution in [2.75, 3.05) is 25.2 Å². The van der Waals surface area contributed by atoms with Crippen molar-refractivity contribution in [3.05, 3.63) is 35.4 Å². The average molecular weight is 379 g/mol. The van der Waals surface area contributed by atoms with Gasteiger partial charge in [-0.2, -0.15) is 11.8 Å². The largest absolute Gasteiger partial charge is 0.373 e. The number of hydrogen-bond donors (Lipinski definition) is 1. The Morgan fingerprint density at radius 2 is 2.12 bits per heavy atom. The van der Waals surface area contributed by atoms with Crippen LogP contribution in [0, 0.1) is 12.8 Å². The van der Waals surface area contributed by atoms with Crippen molar-refractivity contribution in [3.63, 3.8) is 0 Å². The van der Waals surface area contributed by atoms with E-state index in [1.54, 1.807) is 16.7 Å². The number of aryl methyl sites for hydroxylation is 1. The highest BCUT2D eigenvalue weighted by atomic mass is 32.2. The van der Waals surface area contributed by atoms with Gasteiger partial charge in [0.15, 0.2) is 5.11 Å². The Balaban J connectivity index is 1.70. The minimum atomic E-state index is -0.165. The van der Waals surface area contributed by atoms with Crippen LogP contribution < -0.4 is 5.32 Å². The standard InChI is InChI=1S/C19H26N2O2S2/c1-13-5-7-14(8-6-13)17-15(4-3-10-23-17)12-21-18(22)16(9-11-25-2)20-19(21)24/h5-8,15-17H,3-4,9-12H2,1-2H3,(H,20,24)/t15-,16-,17+/m0/s1. The van der Waals surface area contributed by atoms with Gasteiger partial charge in [-0.3, -0.25) is 9.69 Å².